The summed E-state index contributed by atoms with van der Waals surface area (Å²) in [6, 6.07) is 6.45. The number of carboxylic acid groups (broad SMARTS) is 1. The van der Waals surface area contributed by atoms with E-state index in [0.29, 0.717) is 39.2 Å². The maximum atomic E-state index is 13.3. The van der Waals surface area contributed by atoms with E-state index >= 15 is 0 Å². The number of aromatic nitrogens is 2. The van der Waals surface area contributed by atoms with Crippen molar-refractivity contribution in [2.45, 2.75) is 39.6 Å². The fourth-order valence-electron chi connectivity index (χ4n) is 4.45. The number of aliphatic hydroxyl groups excluding tert-OH is 2. The molecule has 0 fully saturated rings. The molecule has 12 heteroatoms. The number of aliphatic hydroxyl groups is 2. The zero-order valence-electron chi connectivity index (χ0n) is 21.3. The van der Waals surface area contributed by atoms with Crippen LogP contribution >= 0.6 is 0 Å². The summed E-state index contributed by atoms with van der Waals surface area (Å²) in [5, 5.41) is 31.7. The van der Waals surface area contributed by atoms with Gasteiger partial charge in [0, 0.05) is 23.1 Å². The van der Waals surface area contributed by atoms with Gasteiger partial charge in [0.15, 0.2) is 6.10 Å². The van der Waals surface area contributed by atoms with Crippen molar-refractivity contribution in [1.29, 1.82) is 0 Å². The second-order valence-electron chi connectivity index (χ2n) is 8.59. The number of aliphatic carboxylic acids is 1. The largest absolute Gasteiger partial charge is 0.489 e. The molecule has 0 radical (unpaired) electrons. The molecule has 204 valence electrons. The highest BCUT2D eigenvalue weighted by molar-refractivity contribution is 5.90. The number of esters is 1. The van der Waals surface area contributed by atoms with Crippen molar-refractivity contribution in [2.24, 2.45) is 0 Å². The van der Waals surface area contributed by atoms with Crippen molar-refractivity contribution in [3.05, 3.63) is 69.0 Å². The minimum Gasteiger partial charge on any atom is -0.489 e. The van der Waals surface area contributed by atoms with E-state index in [0.717, 1.165) is 0 Å². The van der Waals surface area contributed by atoms with Gasteiger partial charge < -0.3 is 34.7 Å². The van der Waals surface area contributed by atoms with Crippen LogP contribution in [0.1, 0.15) is 42.2 Å². The van der Waals surface area contributed by atoms with Crippen LogP contribution in [0.3, 0.4) is 0 Å². The Labute approximate surface area is 222 Å². The maximum Gasteiger partial charge on any atom is 0.340 e. The summed E-state index contributed by atoms with van der Waals surface area (Å²) in [5.41, 5.74) is 2.36. The molecule has 1 unspecified atom stereocenters. The number of carboxylic acids is 1. The summed E-state index contributed by atoms with van der Waals surface area (Å²) in [5.74, 6) is -2.29. The van der Waals surface area contributed by atoms with Crippen LogP contribution in [-0.2, 0) is 38.8 Å². The smallest absolute Gasteiger partial charge is 0.340 e. The van der Waals surface area contributed by atoms with Crippen LogP contribution in [0.15, 0.2) is 41.2 Å². The van der Waals surface area contributed by atoms with Gasteiger partial charge in [-0.05, 0) is 29.8 Å². The van der Waals surface area contributed by atoms with Crippen molar-refractivity contribution < 1.29 is 39.2 Å². The number of carbonyl (C=O) groups excluding carboxylic acids is 2. The third-order valence-corrected chi connectivity index (χ3v) is 6.37. The van der Waals surface area contributed by atoms with E-state index in [1.54, 1.807) is 24.3 Å². The minimum atomic E-state index is -1.59. The van der Waals surface area contributed by atoms with E-state index < -0.39 is 36.1 Å². The Morgan fingerprint density at radius 3 is 2.67 bits per heavy atom. The third kappa shape index (κ3) is 4.99. The average Bonchev–Trinajstić information content (AvgIpc) is 3.31. The molecule has 3 aromatic rings. The first kappa shape index (κ1) is 27.5. The molecule has 0 bridgehead atoms. The molecule has 2 aliphatic rings. The third-order valence-electron chi connectivity index (χ3n) is 6.37. The van der Waals surface area contributed by atoms with Gasteiger partial charge >= 0.3 is 11.9 Å². The zero-order valence-corrected chi connectivity index (χ0v) is 21.3. The predicted octanol–water partition coefficient (Wildman–Crippen LogP) is 1.17. The summed E-state index contributed by atoms with van der Waals surface area (Å²) in [7, 11) is 0. The molecule has 39 heavy (non-hydrogen) atoms. The molecule has 1 aromatic carbocycles. The number of hydrogen-bond acceptors (Lipinski definition) is 9. The summed E-state index contributed by atoms with van der Waals surface area (Å²) < 4.78 is 11.9. The van der Waals surface area contributed by atoms with Gasteiger partial charge in [-0.3, -0.25) is 9.59 Å². The number of nitrogens with zero attached hydrogens (tertiary/aromatic N) is 2. The molecule has 1 amide bonds. The predicted molar refractivity (Wildman–Crippen MR) is 138 cm³/mol. The van der Waals surface area contributed by atoms with Crippen molar-refractivity contribution >= 4 is 28.7 Å². The summed E-state index contributed by atoms with van der Waals surface area (Å²) in [6.45, 7) is 6.34. The number of ether oxygens (including phenoxy) is 2. The maximum absolute atomic E-state index is 13.3. The molecule has 5 rings (SSSR count). The van der Waals surface area contributed by atoms with Gasteiger partial charge in [-0.25, -0.2) is 14.6 Å². The molecule has 12 nitrogen and oxygen atoms in total. The van der Waals surface area contributed by atoms with Crippen LogP contribution in [0.4, 0.5) is 0 Å². The van der Waals surface area contributed by atoms with Gasteiger partial charge in [0.25, 0.3) is 5.56 Å². The van der Waals surface area contributed by atoms with Crippen LogP contribution in [0.5, 0.6) is 5.75 Å². The normalized spacial score (nSPS) is 14.8. The lowest BCUT2D eigenvalue weighted by Gasteiger charge is -2.21. The summed E-state index contributed by atoms with van der Waals surface area (Å²) in [4.78, 5) is 52.7. The number of cyclic esters (lactones) is 1. The SMILES string of the molecule is C=C(COc1ccc2nc3c(c(CNC(=O)CO)c2c1)Cn1c-3cc2c(c1=O)COC(=O)C2O)C(=O)O.CC. The summed E-state index contributed by atoms with van der Waals surface area (Å²) >= 11 is 0. The van der Waals surface area contributed by atoms with E-state index in [1.165, 1.54) is 4.57 Å². The monoisotopic (exact) mass is 537 g/mol. The van der Waals surface area contributed by atoms with Gasteiger partial charge in [0.05, 0.1) is 34.6 Å². The number of rotatable bonds is 7. The lowest BCUT2D eigenvalue weighted by Crippen LogP contribution is -2.32. The van der Waals surface area contributed by atoms with Crippen LogP contribution in [0, 0.1) is 0 Å². The lowest BCUT2D eigenvalue weighted by atomic mass is 9.98. The molecular weight excluding hydrogens is 510 g/mol. The van der Waals surface area contributed by atoms with E-state index in [1.807, 2.05) is 13.8 Å². The zero-order chi connectivity index (χ0) is 28.4. The Balaban J connectivity index is 0.00000172. The van der Waals surface area contributed by atoms with Crippen LogP contribution < -0.4 is 15.6 Å². The van der Waals surface area contributed by atoms with E-state index in [-0.39, 0.29) is 43.0 Å². The Bertz CT molecular complexity index is 1580. The lowest BCUT2D eigenvalue weighted by molar-refractivity contribution is -0.157. The standard InChI is InChI=1S/C25H21N3O9.C2H6/c1-11(24(33)34)9-36-12-2-3-18-13(4-12)15(6-26-20(30)8-29)16-7-28-19(21(16)27-18)5-14-17(23(28)32)10-37-25(35)22(14)31;1-2/h2-5,22,29,31H,1,6-10H2,(H,26,30)(H,33,34);1-2H3. The number of pyridine rings is 2. The molecule has 0 spiro atoms. The highest BCUT2D eigenvalue weighted by atomic mass is 16.5. The highest BCUT2D eigenvalue weighted by Crippen LogP contribution is 2.38. The van der Waals surface area contributed by atoms with Gasteiger partial charge in [-0.15, -0.1) is 0 Å². The van der Waals surface area contributed by atoms with Crippen LogP contribution in [-0.4, -0.2) is 55.9 Å². The Hall–Kier alpha value is -4.55. The molecule has 2 aromatic heterocycles. The number of carbonyl (C=O) groups is 3. The fourth-order valence-corrected chi connectivity index (χ4v) is 4.45. The number of hydrogen-bond donors (Lipinski definition) is 4. The van der Waals surface area contributed by atoms with Gasteiger partial charge in [0.2, 0.25) is 5.91 Å². The van der Waals surface area contributed by atoms with Crippen molar-refractivity contribution in [3.63, 3.8) is 0 Å². The van der Waals surface area contributed by atoms with Gasteiger partial charge in [-0.2, -0.15) is 0 Å². The quantitative estimate of drug-likeness (QED) is 0.198. The Kier molecular flexibility index (Phi) is 7.79. The first-order valence-corrected chi connectivity index (χ1v) is 12.2. The van der Waals surface area contributed by atoms with Crippen molar-refractivity contribution in [3.8, 4) is 17.1 Å². The number of amides is 1. The second kappa shape index (κ2) is 11.1. The van der Waals surface area contributed by atoms with Crippen molar-refractivity contribution in [2.75, 3.05) is 13.2 Å². The van der Waals surface area contributed by atoms with Gasteiger partial charge in [-0.1, -0.05) is 20.4 Å². The molecule has 0 saturated heterocycles. The summed E-state index contributed by atoms with van der Waals surface area (Å²) in [6.07, 6.45) is -1.59. The molecule has 2 aliphatic heterocycles. The first-order valence-electron chi connectivity index (χ1n) is 12.2. The van der Waals surface area contributed by atoms with Crippen LogP contribution in [0.2, 0.25) is 0 Å². The number of benzene rings is 1. The fraction of sp³-hybridized carbons (Fsp3) is 0.296. The van der Waals surface area contributed by atoms with E-state index in [9.17, 15) is 24.3 Å². The first-order chi connectivity index (χ1) is 18.7. The topological polar surface area (TPSA) is 177 Å². The Morgan fingerprint density at radius 2 is 1.97 bits per heavy atom. The van der Waals surface area contributed by atoms with Gasteiger partial charge in [0.1, 0.15) is 25.6 Å². The second-order valence-corrected chi connectivity index (χ2v) is 8.59. The van der Waals surface area contributed by atoms with Crippen LogP contribution in [0.25, 0.3) is 22.3 Å². The minimum absolute atomic E-state index is 0.00128. The number of fused-ring (bicyclic) bond motifs is 5. The molecule has 1 atom stereocenters. The number of nitrogens with one attached hydrogen (secondary N) is 1. The highest BCUT2D eigenvalue weighted by Gasteiger charge is 2.34. The molecule has 0 aliphatic carbocycles. The molecule has 0 saturated carbocycles. The molecule has 4 N–H and O–H groups in total. The van der Waals surface area contributed by atoms with E-state index in [4.69, 9.17) is 24.7 Å². The molecular formula is C27H27N3O9. The molecule has 4 heterocycles. The van der Waals surface area contributed by atoms with Crippen molar-refractivity contribution in [1.82, 2.24) is 14.9 Å². The Morgan fingerprint density at radius 1 is 1.23 bits per heavy atom. The van der Waals surface area contributed by atoms with E-state index in [2.05, 4.69) is 11.9 Å². The average molecular weight is 538 g/mol.